The van der Waals surface area contributed by atoms with E-state index in [1.54, 1.807) is 12.0 Å². The van der Waals surface area contributed by atoms with Crippen LogP contribution in [0.2, 0.25) is 0 Å². The summed E-state index contributed by atoms with van der Waals surface area (Å²) in [5.41, 5.74) is 0.993. The van der Waals surface area contributed by atoms with E-state index in [9.17, 15) is 9.59 Å². The van der Waals surface area contributed by atoms with Gasteiger partial charge in [0, 0.05) is 25.7 Å². The van der Waals surface area contributed by atoms with E-state index in [-0.39, 0.29) is 23.9 Å². The van der Waals surface area contributed by atoms with E-state index in [2.05, 4.69) is 10.6 Å². The Kier molecular flexibility index (Phi) is 6.46. The number of benzene rings is 1. The van der Waals surface area contributed by atoms with Crippen molar-refractivity contribution in [2.24, 2.45) is 5.92 Å². The predicted molar refractivity (Wildman–Crippen MR) is 92.8 cm³/mol. The number of piperidine rings is 1. The summed E-state index contributed by atoms with van der Waals surface area (Å²) in [6.45, 7) is 5.51. The van der Waals surface area contributed by atoms with E-state index in [0.717, 1.165) is 24.2 Å². The maximum absolute atomic E-state index is 12.4. The van der Waals surface area contributed by atoms with E-state index in [4.69, 9.17) is 4.74 Å². The Morgan fingerprint density at radius 3 is 2.88 bits per heavy atom. The highest BCUT2D eigenvalue weighted by atomic mass is 16.5. The maximum atomic E-state index is 12.4. The number of hydrogen-bond donors (Lipinski definition) is 2. The first-order valence-corrected chi connectivity index (χ1v) is 8.45. The highest BCUT2D eigenvalue weighted by Crippen LogP contribution is 2.17. The summed E-state index contributed by atoms with van der Waals surface area (Å²) in [6, 6.07) is 7.64. The van der Waals surface area contributed by atoms with Gasteiger partial charge in [0.1, 0.15) is 5.75 Å². The molecule has 0 bridgehead atoms. The van der Waals surface area contributed by atoms with Crippen molar-refractivity contribution < 1.29 is 14.3 Å². The van der Waals surface area contributed by atoms with Crippen LogP contribution in [0.25, 0.3) is 0 Å². The minimum Gasteiger partial charge on any atom is -0.497 e. The third kappa shape index (κ3) is 5.15. The average molecular weight is 333 g/mol. The van der Waals surface area contributed by atoms with Crippen molar-refractivity contribution in [3.63, 3.8) is 0 Å². The Morgan fingerprint density at radius 2 is 2.17 bits per heavy atom. The number of nitrogens with zero attached hydrogens (tertiary/aromatic N) is 1. The number of methoxy groups -OCH3 is 1. The molecule has 1 saturated heterocycles. The van der Waals surface area contributed by atoms with Crippen LogP contribution in [0.5, 0.6) is 5.75 Å². The fourth-order valence-corrected chi connectivity index (χ4v) is 2.83. The van der Waals surface area contributed by atoms with Gasteiger partial charge in [-0.1, -0.05) is 12.1 Å². The summed E-state index contributed by atoms with van der Waals surface area (Å²) < 4.78 is 5.19. The number of urea groups is 1. The molecule has 1 aromatic carbocycles. The fourth-order valence-electron chi connectivity index (χ4n) is 2.83. The average Bonchev–Trinajstić information content (AvgIpc) is 2.59. The number of likely N-dealkylation sites (tertiary alicyclic amines) is 1. The van der Waals surface area contributed by atoms with Crippen LogP contribution in [0.1, 0.15) is 32.3 Å². The number of carbonyl (C=O) groups is 2. The Balaban J connectivity index is 1.86. The largest absolute Gasteiger partial charge is 0.497 e. The van der Waals surface area contributed by atoms with Crippen molar-refractivity contribution in [3.8, 4) is 5.75 Å². The van der Waals surface area contributed by atoms with Crippen molar-refractivity contribution in [2.75, 3.05) is 20.2 Å². The van der Waals surface area contributed by atoms with Gasteiger partial charge in [-0.15, -0.1) is 0 Å². The zero-order chi connectivity index (χ0) is 17.5. The third-order valence-corrected chi connectivity index (χ3v) is 4.09. The lowest BCUT2D eigenvalue weighted by Crippen LogP contribution is -2.50. The Labute approximate surface area is 143 Å². The van der Waals surface area contributed by atoms with Crippen LogP contribution in [0.3, 0.4) is 0 Å². The van der Waals surface area contributed by atoms with E-state index in [1.807, 2.05) is 38.1 Å². The zero-order valence-corrected chi connectivity index (χ0v) is 14.7. The Hall–Kier alpha value is -2.24. The zero-order valence-electron chi connectivity index (χ0n) is 14.7. The fraction of sp³-hybridized carbons (Fsp3) is 0.556. The molecule has 1 unspecified atom stereocenters. The van der Waals surface area contributed by atoms with Crippen LogP contribution in [-0.2, 0) is 11.3 Å². The molecule has 6 nitrogen and oxygen atoms in total. The standard InChI is InChI=1S/C18H27N3O3/c1-13(2)20-18(23)21-9-5-7-15(12-21)17(22)19-11-14-6-4-8-16(10-14)24-3/h4,6,8,10,13,15H,5,7,9,11-12H2,1-3H3,(H,19,22)(H,20,23). The first kappa shape index (κ1) is 18.1. The van der Waals surface area contributed by atoms with Gasteiger partial charge in [0.25, 0.3) is 0 Å². The number of nitrogens with one attached hydrogen (secondary N) is 2. The second kappa shape index (κ2) is 8.57. The van der Waals surface area contributed by atoms with Crippen molar-refractivity contribution >= 4 is 11.9 Å². The molecule has 6 heteroatoms. The van der Waals surface area contributed by atoms with E-state index in [0.29, 0.717) is 19.6 Å². The second-order valence-corrected chi connectivity index (χ2v) is 6.46. The molecule has 3 amide bonds. The molecule has 0 aliphatic carbocycles. The summed E-state index contributed by atoms with van der Waals surface area (Å²) in [5, 5.41) is 5.85. The summed E-state index contributed by atoms with van der Waals surface area (Å²) in [6.07, 6.45) is 1.66. The van der Waals surface area contributed by atoms with Crippen LogP contribution in [-0.4, -0.2) is 43.1 Å². The van der Waals surface area contributed by atoms with Gasteiger partial charge in [-0.05, 0) is 44.4 Å². The lowest BCUT2D eigenvalue weighted by Gasteiger charge is -2.32. The number of carbonyl (C=O) groups excluding carboxylic acids is 2. The number of ether oxygens (including phenoxy) is 1. The molecule has 2 N–H and O–H groups in total. The topological polar surface area (TPSA) is 70.7 Å². The molecule has 1 aliphatic rings. The van der Waals surface area contributed by atoms with Gasteiger partial charge in [0.05, 0.1) is 13.0 Å². The highest BCUT2D eigenvalue weighted by Gasteiger charge is 2.28. The van der Waals surface area contributed by atoms with Crippen LogP contribution < -0.4 is 15.4 Å². The maximum Gasteiger partial charge on any atom is 0.317 e. The van der Waals surface area contributed by atoms with Gasteiger partial charge in [-0.25, -0.2) is 4.79 Å². The smallest absolute Gasteiger partial charge is 0.317 e. The van der Waals surface area contributed by atoms with Crippen molar-refractivity contribution in [3.05, 3.63) is 29.8 Å². The molecular formula is C18H27N3O3. The molecule has 1 heterocycles. The van der Waals surface area contributed by atoms with E-state index >= 15 is 0 Å². The molecule has 0 aromatic heterocycles. The minimum atomic E-state index is -0.151. The molecular weight excluding hydrogens is 306 g/mol. The second-order valence-electron chi connectivity index (χ2n) is 6.46. The SMILES string of the molecule is COc1cccc(CNC(=O)C2CCCN(C(=O)NC(C)C)C2)c1. The lowest BCUT2D eigenvalue weighted by molar-refractivity contribution is -0.126. The molecule has 0 saturated carbocycles. The van der Waals surface area contributed by atoms with Gasteiger partial charge in [0.2, 0.25) is 5.91 Å². The molecule has 2 rings (SSSR count). The quantitative estimate of drug-likeness (QED) is 0.867. The molecule has 1 atom stereocenters. The molecule has 1 fully saturated rings. The molecule has 1 aliphatic heterocycles. The number of rotatable bonds is 5. The van der Waals surface area contributed by atoms with Crippen molar-refractivity contribution in [2.45, 2.75) is 39.3 Å². The Morgan fingerprint density at radius 1 is 1.38 bits per heavy atom. The van der Waals surface area contributed by atoms with Crippen molar-refractivity contribution in [1.82, 2.24) is 15.5 Å². The van der Waals surface area contributed by atoms with Crippen LogP contribution in [0.4, 0.5) is 4.79 Å². The van der Waals surface area contributed by atoms with Crippen molar-refractivity contribution in [1.29, 1.82) is 0 Å². The van der Waals surface area contributed by atoms with Crippen LogP contribution in [0, 0.1) is 5.92 Å². The lowest BCUT2D eigenvalue weighted by atomic mass is 9.97. The Bertz CT molecular complexity index is 574. The predicted octanol–water partition coefficient (Wildman–Crippen LogP) is 2.14. The molecule has 24 heavy (non-hydrogen) atoms. The number of amides is 3. The van der Waals surface area contributed by atoms with E-state index < -0.39 is 0 Å². The highest BCUT2D eigenvalue weighted by molar-refractivity contribution is 5.80. The minimum absolute atomic E-state index is 0.000123. The van der Waals surface area contributed by atoms with Gasteiger partial charge in [-0.3, -0.25) is 4.79 Å². The normalized spacial score (nSPS) is 17.5. The van der Waals surface area contributed by atoms with Crippen LogP contribution in [0.15, 0.2) is 24.3 Å². The molecule has 1 aromatic rings. The third-order valence-electron chi connectivity index (χ3n) is 4.09. The molecule has 132 valence electrons. The van der Waals surface area contributed by atoms with Gasteiger partial charge < -0.3 is 20.3 Å². The summed E-state index contributed by atoms with van der Waals surface area (Å²) in [5.74, 6) is 0.623. The monoisotopic (exact) mass is 333 g/mol. The molecule has 0 spiro atoms. The number of hydrogen-bond acceptors (Lipinski definition) is 3. The van der Waals surface area contributed by atoms with Gasteiger partial charge in [0.15, 0.2) is 0 Å². The van der Waals surface area contributed by atoms with Gasteiger partial charge in [-0.2, -0.15) is 0 Å². The summed E-state index contributed by atoms with van der Waals surface area (Å²) in [4.78, 5) is 26.2. The van der Waals surface area contributed by atoms with Gasteiger partial charge >= 0.3 is 6.03 Å². The summed E-state index contributed by atoms with van der Waals surface area (Å²) in [7, 11) is 1.62. The first-order valence-electron chi connectivity index (χ1n) is 8.45. The first-order chi connectivity index (χ1) is 11.5. The summed E-state index contributed by atoms with van der Waals surface area (Å²) >= 11 is 0. The van der Waals surface area contributed by atoms with Crippen LogP contribution >= 0.6 is 0 Å². The van der Waals surface area contributed by atoms with E-state index in [1.165, 1.54) is 0 Å². The molecule has 0 radical (unpaired) electrons.